The molecular weight excluding hydrogens is 348 g/mol. The number of anilines is 1. The van der Waals surface area contributed by atoms with Gasteiger partial charge in [-0.2, -0.15) is 0 Å². The Kier molecular flexibility index (Phi) is 7.57. The number of piperazine rings is 1. The highest BCUT2D eigenvalue weighted by atomic mass is 35.5. The van der Waals surface area contributed by atoms with E-state index in [9.17, 15) is 4.79 Å². The van der Waals surface area contributed by atoms with Crippen LogP contribution in [0.15, 0.2) is 42.7 Å². The van der Waals surface area contributed by atoms with Gasteiger partial charge in [0.25, 0.3) is 0 Å². The summed E-state index contributed by atoms with van der Waals surface area (Å²) in [6.45, 7) is 7.12. The van der Waals surface area contributed by atoms with Crippen molar-refractivity contribution in [2.45, 2.75) is 26.3 Å². The third-order valence-electron chi connectivity index (χ3n) is 4.77. The zero-order chi connectivity index (χ0) is 17.6. The quantitative estimate of drug-likeness (QED) is 0.844. The van der Waals surface area contributed by atoms with Gasteiger partial charge in [-0.1, -0.05) is 31.2 Å². The van der Waals surface area contributed by atoms with Crippen LogP contribution in [-0.4, -0.2) is 42.0 Å². The number of nitrogens with one attached hydrogen (secondary N) is 2. The number of amides is 1. The lowest BCUT2D eigenvalue weighted by atomic mass is 10.0. The lowest BCUT2D eigenvalue weighted by molar-refractivity contribution is -0.118. The maximum Gasteiger partial charge on any atom is 0.238 e. The number of hydrogen-bond acceptors (Lipinski definition) is 4. The molecule has 0 radical (unpaired) electrons. The molecule has 0 bridgehead atoms. The van der Waals surface area contributed by atoms with E-state index in [1.165, 1.54) is 5.56 Å². The molecule has 0 aliphatic carbocycles. The van der Waals surface area contributed by atoms with Crippen LogP contribution in [-0.2, 0) is 11.2 Å². The van der Waals surface area contributed by atoms with Crippen LogP contribution in [0.3, 0.4) is 0 Å². The Morgan fingerprint density at radius 1 is 1.35 bits per heavy atom. The van der Waals surface area contributed by atoms with E-state index in [-0.39, 0.29) is 24.4 Å². The molecule has 2 N–H and O–H groups in total. The summed E-state index contributed by atoms with van der Waals surface area (Å²) in [4.78, 5) is 19.1. The van der Waals surface area contributed by atoms with Gasteiger partial charge in [-0.05, 0) is 36.1 Å². The molecule has 1 aromatic carbocycles. The highest BCUT2D eigenvalue weighted by Gasteiger charge is 2.25. The Balaban J connectivity index is 0.00000243. The van der Waals surface area contributed by atoms with Crippen LogP contribution in [0.25, 0.3) is 0 Å². The molecule has 140 valence electrons. The predicted molar refractivity (Wildman–Crippen MR) is 108 cm³/mol. The topological polar surface area (TPSA) is 57.3 Å². The third-order valence-corrected chi connectivity index (χ3v) is 4.77. The van der Waals surface area contributed by atoms with Crippen molar-refractivity contribution in [3.8, 4) is 0 Å². The largest absolute Gasteiger partial charge is 0.324 e. The monoisotopic (exact) mass is 374 g/mol. The molecule has 3 rings (SSSR count). The number of nitrogens with zero attached hydrogens (tertiary/aromatic N) is 2. The Morgan fingerprint density at radius 3 is 2.92 bits per heavy atom. The molecule has 1 unspecified atom stereocenters. The molecular formula is C20H27ClN4O. The predicted octanol–water partition coefficient (Wildman–Crippen LogP) is 2.96. The summed E-state index contributed by atoms with van der Waals surface area (Å²) in [5.41, 5.74) is 4.39. The van der Waals surface area contributed by atoms with Gasteiger partial charge in [-0.15, -0.1) is 12.4 Å². The molecule has 1 aliphatic heterocycles. The fourth-order valence-corrected chi connectivity index (χ4v) is 3.40. The third kappa shape index (κ3) is 4.81. The first-order chi connectivity index (χ1) is 12.2. The normalized spacial score (nSPS) is 17.4. The minimum Gasteiger partial charge on any atom is -0.324 e. The summed E-state index contributed by atoms with van der Waals surface area (Å²) in [5, 5.41) is 6.54. The van der Waals surface area contributed by atoms with Crippen molar-refractivity contribution in [1.29, 1.82) is 0 Å². The number of carbonyl (C=O) groups excluding carboxylic acids is 1. The molecule has 1 amide bonds. The molecule has 2 aromatic rings. The first-order valence-corrected chi connectivity index (χ1v) is 8.92. The zero-order valence-corrected chi connectivity index (χ0v) is 16.2. The number of carbonyl (C=O) groups is 1. The van der Waals surface area contributed by atoms with Crippen LogP contribution < -0.4 is 10.6 Å². The lowest BCUT2D eigenvalue weighted by Crippen LogP contribution is -2.48. The number of para-hydroxylation sites is 1. The molecule has 0 spiro atoms. The van der Waals surface area contributed by atoms with Gasteiger partial charge in [-0.3, -0.25) is 14.7 Å². The van der Waals surface area contributed by atoms with Crippen molar-refractivity contribution in [3.63, 3.8) is 0 Å². The van der Waals surface area contributed by atoms with E-state index >= 15 is 0 Å². The molecule has 2 heterocycles. The fraction of sp³-hybridized carbons (Fsp3) is 0.400. The van der Waals surface area contributed by atoms with Gasteiger partial charge in [0.2, 0.25) is 5.91 Å². The fourth-order valence-electron chi connectivity index (χ4n) is 3.40. The van der Waals surface area contributed by atoms with Crippen molar-refractivity contribution in [1.82, 2.24) is 15.2 Å². The van der Waals surface area contributed by atoms with E-state index in [2.05, 4.69) is 39.6 Å². The molecule has 1 fully saturated rings. The van der Waals surface area contributed by atoms with Crippen LogP contribution >= 0.6 is 12.4 Å². The van der Waals surface area contributed by atoms with Crippen LogP contribution in [0.5, 0.6) is 0 Å². The van der Waals surface area contributed by atoms with E-state index in [1.807, 2.05) is 31.3 Å². The van der Waals surface area contributed by atoms with E-state index in [0.29, 0.717) is 6.54 Å². The smallest absolute Gasteiger partial charge is 0.238 e. The lowest BCUT2D eigenvalue weighted by Gasteiger charge is -2.35. The molecule has 1 saturated heterocycles. The van der Waals surface area contributed by atoms with E-state index in [4.69, 9.17) is 0 Å². The van der Waals surface area contributed by atoms with Crippen molar-refractivity contribution in [2.24, 2.45) is 0 Å². The SMILES string of the molecule is CCc1cccc(C)c1NC(=O)CN1CCNCC1c1cccnc1.Cl. The van der Waals surface area contributed by atoms with Crippen LogP contribution in [0.1, 0.15) is 29.7 Å². The molecule has 1 aromatic heterocycles. The van der Waals surface area contributed by atoms with Gasteiger partial charge in [0.1, 0.15) is 0 Å². The maximum atomic E-state index is 12.7. The number of aryl methyl sites for hydroxylation is 2. The minimum atomic E-state index is 0. The Labute approximate surface area is 161 Å². The molecule has 1 atom stereocenters. The number of rotatable bonds is 5. The molecule has 0 saturated carbocycles. The summed E-state index contributed by atoms with van der Waals surface area (Å²) in [6, 6.07) is 10.4. The first kappa shape index (κ1) is 20.4. The average Bonchev–Trinajstić information content (AvgIpc) is 2.64. The van der Waals surface area contributed by atoms with Crippen molar-refractivity contribution >= 4 is 24.0 Å². The summed E-state index contributed by atoms with van der Waals surface area (Å²) in [5.74, 6) is 0.0415. The van der Waals surface area contributed by atoms with Gasteiger partial charge < -0.3 is 10.6 Å². The molecule has 26 heavy (non-hydrogen) atoms. The van der Waals surface area contributed by atoms with Crippen molar-refractivity contribution < 1.29 is 4.79 Å². The van der Waals surface area contributed by atoms with E-state index < -0.39 is 0 Å². The van der Waals surface area contributed by atoms with Crippen LogP contribution in [0.4, 0.5) is 5.69 Å². The molecule has 5 nitrogen and oxygen atoms in total. The van der Waals surface area contributed by atoms with Gasteiger partial charge in [-0.25, -0.2) is 0 Å². The summed E-state index contributed by atoms with van der Waals surface area (Å²) in [6.07, 6.45) is 4.57. The average molecular weight is 375 g/mol. The number of benzene rings is 1. The zero-order valence-electron chi connectivity index (χ0n) is 15.4. The van der Waals surface area contributed by atoms with E-state index in [0.717, 1.165) is 42.9 Å². The number of halogens is 1. The van der Waals surface area contributed by atoms with E-state index in [1.54, 1.807) is 6.20 Å². The standard InChI is InChI=1S/C20H26N4O.ClH/c1-3-16-7-4-6-15(2)20(16)23-19(25)14-24-11-10-22-13-18(24)17-8-5-9-21-12-17;/h4-9,12,18,22H,3,10-11,13-14H2,1-2H3,(H,23,25);1H. The number of pyridine rings is 1. The van der Waals surface area contributed by atoms with Gasteiger partial charge >= 0.3 is 0 Å². The Bertz CT molecular complexity index is 723. The van der Waals surface area contributed by atoms with Gasteiger partial charge in [0.05, 0.1) is 6.54 Å². The maximum absolute atomic E-state index is 12.7. The molecule has 6 heteroatoms. The van der Waals surface area contributed by atoms with Crippen LogP contribution in [0, 0.1) is 6.92 Å². The highest BCUT2D eigenvalue weighted by molar-refractivity contribution is 5.93. The summed E-state index contributed by atoms with van der Waals surface area (Å²) in [7, 11) is 0. The second-order valence-corrected chi connectivity index (χ2v) is 6.49. The highest BCUT2D eigenvalue weighted by Crippen LogP contribution is 2.23. The van der Waals surface area contributed by atoms with Gasteiger partial charge in [0.15, 0.2) is 0 Å². The first-order valence-electron chi connectivity index (χ1n) is 8.92. The minimum absolute atomic E-state index is 0. The second kappa shape index (κ2) is 9.67. The van der Waals surface area contributed by atoms with Crippen molar-refractivity contribution in [3.05, 3.63) is 59.4 Å². The Morgan fingerprint density at radius 2 is 2.19 bits per heavy atom. The van der Waals surface area contributed by atoms with Crippen LogP contribution in [0.2, 0.25) is 0 Å². The summed E-state index contributed by atoms with van der Waals surface area (Å²) >= 11 is 0. The number of hydrogen-bond donors (Lipinski definition) is 2. The van der Waals surface area contributed by atoms with Gasteiger partial charge in [0, 0.05) is 43.8 Å². The number of aromatic nitrogens is 1. The second-order valence-electron chi connectivity index (χ2n) is 6.49. The molecule has 1 aliphatic rings. The summed E-state index contributed by atoms with van der Waals surface area (Å²) < 4.78 is 0. The Hall–Kier alpha value is -1.95. The van der Waals surface area contributed by atoms with Crippen molar-refractivity contribution in [2.75, 3.05) is 31.5 Å².